The van der Waals surface area contributed by atoms with Gasteiger partial charge in [0, 0.05) is 13.5 Å². The van der Waals surface area contributed by atoms with E-state index in [4.69, 9.17) is 9.15 Å². The van der Waals surface area contributed by atoms with Crippen LogP contribution in [0.5, 0.6) is 0 Å². The fourth-order valence-electron chi connectivity index (χ4n) is 1.72. The van der Waals surface area contributed by atoms with E-state index in [1.165, 1.54) is 0 Å². The van der Waals surface area contributed by atoms with Crippen molar-refractivity contribution < 1.29 is 9.15 Å². The van der Waals surface area contributed by atoms with E-state index in [0.29, 0.717) is 12.5 Å². The number of benzene rings is 1. The van der Waals surface area contributed by atoms with Gasteiger partial charge in [-0.05, 0) is 37.7 Å². The predicted octanol–water partition coefficient (Wildman–Crippen LogP) is 2.26. The van der Waals surface area contributed by atoms with Crippen molar-refractivity contribution >= 4 is 11.1 Å². The van der Waals surface area contributed by atoms with Gasteiger partial charge < -0.3 is 14.5 Å². The minimum atomic E-state index is 0.624. The molecule has 2 aromatic rings. The number of aromatic nitrogens is 1. The molecule has 4 nitrogen and oxygen atoms in total. The van der Waals surface area contributed by atoms with Crippen LogP contribution in [0.4, 0.5) is 0 Å². The second kappa shape index (κ2) is 5.80. The van der Waals surface area contributed by atoms with E-state index in [1.807, 2.05) is 32.2 Å². The Labute approximate surface area is 101 Å². The second-order valence-corrected chi connectivity index (χ2v) is 4.04. The van der Waals surface area contributed by atoms with Crippen molar-refractivity contribution in [2.45, 2.75) is 20.0 Å². The molecule has 0 aliphatic heterocycles. The molecule has 0 fully saturated rings. The molecule has 4 heteroatoms. The van der Waals surface area contributed by atoms with Crippen molar-refractivity contribution in [2.24, 2.45) is 0 Å². The van der Waals surface area contributed by atoms with E-state index in [-0.39, 0.29) is 0 Å². The highest BCUT2D eigenvalue weighted by atomic mass is 16.5. The number of ether oxygens (including phenoxy) is 1. The van der Waals surface area contributed by atoms with E-state index in [0.717, 1.165) is 36.2 Å². The molecule has 1 heterocycles. The Morgan fingerprint density at radius 1 is 1.41 bits per heavy atom. The van der Waals surface area contributed by atoms with Crippen LogP contribution in [0.25, 0.3) is 11.1 Å². The molecule has 0 saturated carbocycles. The summed E-state index contributed by atoms with van der Waals surface area (Å²) in [5.74, 6) is 0.701. The highest BCUT2D eigenvalue weighted by Gasteiger charge is 2.03. The second-order valence-electron chi connectivity index (χ2n) is 4.04. The average Bonchev–Trinajstić information content (AvgIpc) is 2.68. The maximum absolute atomic E-state index is 5.58. The Hall–Kier alpha value is -1.39. The summed E-state index contributed by atoms with van der Waals surface area (Å²) in [4.78, 5) is 4.26. The summed E-state index contributed by atoms with van der Waals surface area (Å²) in [6, 6.07) is 5.99. The van der Waals surface area contributed by atoms with Gasteiger partial charge >= 0.3 is 0 Å². The number of nitrogens with one attached hydrogen (secondary N) is 1. The number of rotatable bonds is 6. The third-order valence-electron chi connectivity index (χ3n) is 2.54. The molecule has 0 radical (unpaired) electrons. The third-order valence-corrected chi connectivity index (χ3v) is 2.54. The monoisotopic (exact) mass is 234 g/mol. The average molecular weight is 234 g/mol. The van der Waals surface area contributed by atoms with Gasteiger partial charge in [-0.3, -0.25) is 0 Å². The summed E-state index contributed by atoms with van der Waals surface area (Å²) >= 11 is 0. The molecule has 17 heavy (non-hydrogen) atoms. The first-order chi connectivity index (χ1) is 8.29. The highest BCUT2D eigenvalue weighted by Crippen LogP contribution is 2.17. The normalized spacial score (nSPS) is 11.2. The Bertz CT molecular complexity index is 479. The van der Waals surface area contributed by atoms with Crippen LogP contribution in [0.15, 0.2) is 22.6 Å². The number of hydrogen-bond acceptors (Lipinski definition) is 4. The van der Waals surface area contributed by atoms with E-state index in [9.17, 15) is 0 Å². The van der Waals surface area contributed by atoms with Gasteiger partial charge in [0.15, 0.2) is 11.5 Å². The molecule has 1 aromatic heterocycles. The zero-order valence-electron chi connectivity index (χ0n) is 10.3. The largest absolute Gasteiger partial charge is 0.441 e. The van der Waals surface area contributed by atoms with Crippen molar-refractivity contribution in [1.82, 2.24) is 10.3 Å². The van der Waals surface area contributed by atoms with E-state index in [1.54, 1.807) is 0 Å². The smallest absolute Gasteiger partial charge is 0.192 e. The summed E-state index contributed by atoms with van der Waals surface area (Å²) in [5.41, 5.74) is 2.86. The van der Waals surface area contributed by atoms with Crippen LogP contribution in [-0.4, -0.2) is 25.2 Å². The van der Waals surface area contributed by atoms with Crippen LogP contribution in [0.2, 0.25) is 0 Å². The number of fused-ring (bicyclic) bond motifs is 1. The lowest BCUT2D eigenvalue weighted by Crippen LogP contribution is -2.10. The number of aryl methyl sites for hydroxylation is 1. The molecule has 0 aliphatic carbocycles. The Morgan fingerprint density at radius 2 is 2.29 bits per heavy atom. The van der Waals surface area contributed by atoms with E-state index >= 15 is 0 Å². The standard InChI is InChI=1S/C13H18N2O2/c1-10-15-12-5-4-11(8-13(12)17-10)9-16-7-3-6-14-2/h4-5,8,14H,3,6-7,9H2,1-2H3. The van der Waals surface area contributed by atoms with Gasteiger partial charge in [-0.1, -0.05) is 6.07 Å². The first-order valence-corrected chi connectivity index (χ1v) is 5.88. The van der Waals surface area contributed by atoms with Crippen LogP contribution in [0, 0.1) is 6.92 Å². The van der Waals surface area contributed by atoms with Crippen LogP contribution >= 0.6 is 0 Å². The number of hydrogen-bond donors (Lipinski definition) is 1. The van der Waals surface area contributed by atoms with Gasteiger partial charge in [0.1, 0.15) is 5.52 Å². The summed E-state index contributed by atoms with van der Waals surface area (Å²) in [6.07, 6.45) is 1.03. The molecule has 92 valence electrons. The van der Waals surface area contributed by atoms with Crippen LogP contribution in [-0.2, 0) is 11.3 Å². The summed E-state index contributed by atoms with van der Waals surface area (Å²) in [5, 5.41) is 3.09. The van der Waals surface area contributed by atoms with Crippen LogP contribution in [0.3, 0.4) is 0 Å². The molecule has 0 aliphatic rings. The SMILES string of the molecule is CNCCCOCc1ccc2nc(C)oc2c1. The fraction of sp³-hybridized carbons (Fsp3) is 0.462. The summed E-state index contributed by atoms with van der Waals surface area (Å²) in [7, 11) is 1.94. The molecule has 0 unspecified atom stereocenters. The maximum Gasteiger partial charge on any atom is 0.192 e. The van der Waals surface area contributed by atoms with Gasteiger partial charge in [0.2, 0.25) is 0 Å². The molecular weight excluding hydrogens is 216 g/mol. The molecule has 0 amide bonds. The Balaban J connectivity index is 1.90. The molecule has 0 spiro atoms. The van der Waals surface area contributed by atoms with Crippen LogP contribution < -0.4 is 5.32 Å². The van der Waals surface area contributed by atoms with Gasteiger partial charge in [-0.2, -0.15) is 0 Å². The van der Waals surface area contributed by atoms with Crippen molar-refractivity contribution in [2.75, 3.05) is 20.2 Å². The molecule has 0 bridgehead atoms. The summed E-state index contributed by atoms with van der Waals surface area (Å²) in [6.45, 7) is 4.24. The lowest BCUT2D eigenvalue weighted by molar-refractivity contribution is 0.119. The van der Waals surface area contributed by atoms with Gasteiger partial charge in [-0.15, -0.1) is 0 Å². The van der Waals surface area contributed by atoms with E-state index < -0.39 is 0 Å². The van der Waals surface area contributed by atoms with Crippen molar-refractivity contribution in [3.63, 3.8) is 0 Å². The lowest BCUT2D eigenvalue weighted by Gasteiger charge is -2.03. The third kappa shape index (κ3) is 3.28. The highest BCUT2D eigenvalue weighted by molar-refractivity contribution is 5.73. The predicted molar refractivity (Wildman–Crippen MR) is 66.9 cm³/mol. The topological polar surface area (TPSA) is 47.3 Å². The van der Waals surface area contributed by atoms with Crippen molar-refractivity contribution in [3.8, 4) is 0 Å². The first-order valence-electron chi connectivity index (χ1n) is 5.88. The zero-order valence-corrected chi connectivity index (χ0v) is 10.3. The zero-order chi connectivity index (χ0) is 12.1. The van der Waals surface area contributed by atoms with Gasteiger partial charge in [0.25, 0.3) is 0 Å². The van der Waals surface area contributed by atoms with Gasteiger partial charge in [-0.25, -0.2) is 4.98 Å². The minimum Gasteiger partial charge on any atom is -0.441 e. The first kappa shape index (κ1) is 12.1. The summed E-state index contributed by atoms with van der Waals surface area (Å²) < 4.78 is 11.1. The lowest BCUT2D eigenvalue weighted by atomic mass is 10.2. The molecule has 2 rings (SSSR count). The number of oxazole rings is 1. The molecule has 0 saturated heterocycles. The molecular formula is C13H18N2O2. The number of nitrogens with zero attached hydrogens (tertiary/aromatic N) is 1. The van der Waals surface area contributed by atoms with E-state index in [2.05, 4.69) is 10.3 Å². The Kier molecular flexibility index (Phi) is 4.12. The fourth-order valence-corrected chi connectivity index (χ4v) is 1.72. The van der Waals surface area contributed by atoms with Crippen molar-refractivity contribution in [3.05, 3.63) is 29.7 Å². The molecule has 0 atom stereocenters. The molecule has 1 N–H and O–H groups in total. The van der Waals surface area contributed by atoms with Crippen molar-refractivity contribution in [1.29, 1.82) is 0 Å². The molecule has 1 aromatic carbocycles. The quantitative estimate of drug-likeness (QED) is 0.779. The minimum absolute atomic E-state index is 0.624. The van der Waals surface area contributed by atoms with Gasteiger partial charge in [0.05, 0.1) is 6.61 Å². The maximum atomic E-state index is 5.58. The Morgan fingerprint density at radius 3 is 3.12 bits per heavy atom. The van der Waals surface area contributed by atoms with Crippen LogP contribution in [0.1, 0.15) is 17.9 Å².